The van der Waals surface area contributed by atoms with Gasteiger partial charge in [-0.1, -0.05) is 19.9 Å². The molecule has 0 aliphatic carbocycles. The number of pyridine rings is 1. The Kier molecular flexibility index (Phi) is 7.21. The number of aromatic nitrogens is 1. The van der Waals surface area contributed by atoms with Gasteiger partial charge in [-0.05, 0) is 30.9 Å². The van der Waals surface area contributed by atoms with Gasteiger partial charge in [-0.3, -0.25) is 9.78 Å². The Morgan fingerprint density at radius 1 is 1.38 bits per heavy atom. The standard InChI is InChI=1S/C15H23N3O3/c1-4-21-15(20)18-13(8-11(2)3)14(19)17-10-12-6-5-7-16-9-12/h5-7,9,11,13H,4,8,10H2,1-3H3,(H,17,19)(H,18,20)/t13-/m0/s1. The third-order valence-corrected chi connectivity index (χ3v) is 2.78. The maximum atomic E-state index is 12.2. The zero-order valence-electron chi connectivity index (χ0n) is 12.8. The fourth-order valence-corrected chi connectivity index (χ4v) is 1.83. The van der Waals surface area contributed by atoms with Gasteiger partial charge in [-0.15, -0.1) is 0 Å². The van der Waals surface area contributed by atoms with E-state index in [4.69, 9.17) is 4.74 Å². The molecule has 0 saturated carbocycles. The first-order valence-electron chi connectivity index (χ1n) is 7.12. The van der Waals surface area contributed by atoms with Crippen molar-refractivity contribution in [2.75, 3.05) is 6.61 Å². The van der Waals surface area contributed by atoms with Crippen molar-refractivity contribution in [1.82, 2.24) is 15.6 Å². The summed E-state index contributed by atoms with van der Waals surface area (Å²) >= 11 is 0. The van der Waals surface area contributed by atoms with Crippen LogP contribution in [-0.2, 0) is 16.1 Å². The van der Waals surface area contributed by atoms with E-state index >= 15 is 0 Å². The number of amides is 2. The SMILES string of the molecule is CCOC(=O)N[C@@H](CC(C)C)C(=O)NCc1cccnc1. The van der Waals surface area contributed by atoms with Crippen LogP contribution in [-0.4, -0.2) is 29.6 Å². The van der Waals surface area contributed by atoms with E-state index in [1.54, 1.807) is 19.3 Å². The van der Waals surface area contributed by atoms with Crippen LogP contribution >= 0.6 is 0 Å². The Morgan fingerprint density at radius 2 is 2.14 bits per heavy atom. The van der Waals surface area contributed by atoms with Crippen molar-refractivity contribution in [3.05, 3.63) is 30.1 Å². The van der Waals surface area contributed by atoms with Gasteiger partial charge in [0.15, 0.2) is 0 Å². The molecular formula is C15H23N3O3. The highest BCUT2D eigenvalue weighted by molar-refractivity contribution is 5.85. The molecule has 21 heavy (non-hydrogen) atoms. The minimum absolute atomic E-state index is 0.222. The highest BCUT2D eigenvalue weighted by atomic mass is 16.5. The monoisotopic (exact) mass is 293 g/mol. The van der Waals surface area contributed by atoms with E-state index in [2.05, 4.69) is 15.6 Å². The molecule has 1 rings (SSSR count). The maximum absolute atomic E-state index is 12.2. The molecule has 116 valence electrons. The molecule has 2 amide bonds. The van der Waals surface area contributed by atoms with Gasteiger partial charge in [0.05, 0.1) is 6.61 Å². The summed E-state index contributed by atoms with van der Waals surface area (Å²) in [6.07, 6.45) is 3.35. The highest BCUT2D eigenvalue weighted by Crippen LogP contribution is 2.06. The summed E-state index contributed by atoms with van der Waals surface area (Å²) in [4.78, 5) is 27.7. The van der Waals surface area contributed by atoms with Crippen LogP contribution in [0.5, 0.6) is 0 Å². The van der Waals surface area contributed by atoms with Gasteiger partial charge >= 0.3 is 6.09 Å². The molecule has 0 bridgehead atoms. The van der Waals surface area contributed by atoms with Crippen LogP contribution < -0.4 is 10.6 Å². The number of carbonyl (C=O) groups excluding carboxylic acids is 2. The first-order valence-corrected chi connectivity index (χ1v) is 7.12. The lowest BCUT2D eigenvalue weighted by Crippen LogP contribution is -2.47. The Morgan fingerprint density at radius 3 is 2.71 bits per heavy atom. The van der Waals surface area contributed by atoms with E-state index < -0.39 is 12.1 Å². The predicted molar refractivity (Wildman–Crippen MR) is 79.5 cm³/mol. The lowest BCUT2D eigenvalue weighted by Gasteiger charge is -2.19. The van der Waals surface area contributed by atoms with Crippen LogP contribution in [0.2, 0.25) is 0 Å². The van der Waals surface area contributed by atoms with Crippen LogP contribution in [0.3, 0.4) is 0 Å². The van der Waals surface area contributed by atoms with E-state index in [9.17, 15) is 9.59 Å². The van der Waals surface area contributed by atoms with Gasteiger partial charge in [0.25, 0.3) is 0 Å². The van der Waals surface area contributed by atoms with Gasteiger partial charge in [0.1, 0.15) is 6.04 Å². The number of hydrogen-bond acceptors (Lipinski definition) is 4. The number of alkyl carbamates (subject to hydrolysis) is 1. The number of carbonyl (C=O) groups is 2. The maximum Gasteiger partial charge on any atom is 0.407 e. The molecule has 0 aromatic carbocycles. The second-order valence-corrected chi connectivity index (χ2v) is 5.13. The molecule has 0 spiro atoms. The number of nitrogens with zero attached hydrogens (tertiary/aromatic N) is 1. The van der Waals surface area contributed by atoms with E-state index in [1.165, 1.54) is 0 Å². The molecule has 0 fully saturated rings. The number of ether oxygens (including phenoxy) is 1. The number of hydrogen-bond donors (Lipinski definition) is 2. The Labute approximate surface area is 125 Å². The molecule has 1 aromatic rings. The second-order valence-electron chi connectivity index (χ2n) is 5.13. The summed E-state index contributed by atoms with van der Waals surface area (Å²) in [5.74, 6) is 0.0571. The molecule has 1 atom stereocenters. The Bertz CT molecular complexity index is 449. The van der Waals surface area contributed by atoms with Crippen LogP contribution in [0.15, 0.2) is 24.5 Å². The van der Waals surface area contributed by atoms with Crippen molar-refractivity contribution in [3.8, 4) is 0 Å². The lowest BCUT2D eigenvalue weighted by molar-refractivity contribution is -0.123. The highest BCUT2D eigenvalue weighted by Gasteiger charge is 2.22. The van der Waals surface area contributed by atoms with Crippen molar-refractivity contribution in [2.45, 2.75) is 39.8 Å². The molecule has 1 heterocycles. The Hall–Kier alpha value is -2.11. The van der Waals surface area contributed by atoms with Crippen LogP contribution in [0.25, 0.3) is 0 Å². The van der Waals surface area contributed by atoms with Gasteiger partial charge in [0, 0.05) is 18.9 Å². The lowest BCUT2D eigenvalue weighted by atomic mass is 10.0. The number of rotatable bonds is 7. The largest absolute Gasteiger partial charge is 0.450 e. The minimum Gasteiger partial charge on any atom is -0.450 e. The average Bonchev–Trinajstić information content (AvgIpc) is 2.45. The van der Waals surface area contributed by atoms with Crippen molar-refractivity contribution in [2.24, 2.45) is 5.92 Å². The van der Waals surface area contributed by atoms with E-state index in [1.807, 2.05) is 26.0 Å². The predicted octanol–water partition coefficient (Wildman–Crippen LogP) is 1.86. The zero-order chi connectivity index (χ0) is 15.7. The molecule has 6 heteroatoms. The number of nitrogens with one attached hydrogen (secondary N) is 2. The minimum atomic E-state index is -0.597. The summed E-state index contributed by atoms with van der Waals surface area (Å²) in [7, 11) is 0. The summed E-state index contributed by atoms with van der Waals surface area (Å²) in [6.45, 7) is 6.37. The van der Waals surface area contributed by atoms with Crippen LogP contribution in [0.1, 0.15) is 32.8 Å². The molecule has 0 saturated heterocycles. The normalized spacial score (nSPS) is 11.8. The van der Waals surface area contributed by atoms with Crippen molar-refractivity contribution in [3.63, 3.8) is 0 Å². The summed E-state index contributed by atoms with van der Waals surface area (Å²) in [5, 5.41) is 5.40. The van der Waals surface area contributed by atoms with Crippen LogP contribution in [0.4, 0.5) is 4.79 Å². The summed E-state index contributed by atoms with van der Waals surface area (Å²) in [6, 6.07) is 3.09. The summed E-state index contributed by atoms with van der Waals surface area (Å²) < 4.78 is 4.83. The van der Waals surface area contributed by atoms with E-state index in [0.29, 0.717) is 13.0 Å². The van der Waals surface area contributed by atoms with Crippen molar-refractivity contribution >= 4 is 12.0 Å². The first-order chi connectivity index (χ1) is 10.0. The third-order valence-electron chi connectivity index (χ3n) is 2.78. The molecule has 0 aliphatic heterocycles. The molecule has 0 radical (unpaired) electrons. The van der Waals surface area contributed by atoms with E-state index in [0.717, 1.165) is 5.56 Å². The van der Waals surface area contributed by atoms with Gasteiger partial charge < -0.3 is 15.4 Å². The smallest absolute Gasteiger partial charge is 0.407 e. The molecule has 2 N–H and O–H groups in total. The van der Waals surface area contributed by atoms with E-state index in [-0.39, 0.29) is 18.4 Å². The van der Waals surface area contributed by atoms with Crippen molar-refractivity contribution < 1.29 is 14.3 Å². The van der Waals surface area contributed by atoms with Gasteiger partial charge in [-0.25, -0.2) is 4.79 Å². The van der Waals surface area contributed by atoms with Gasteiger partial charge in [0.2, 0.25) is 5.91 Å². The first kappa shape index (κ1) is 16.9. The molecular weight excluding hydrogens is 270 g/mol. The topological polar surface area (TPSA) is 80.3 Å². The quantitative estimate of drug-likeness (QED) is 0.804. The molecule has 0 unspecified atom stereocenters. The third kappa shape index (κ3) is 6.74. The fraction of sp³-hybridized carbons (Fsp3) is 0.533. The fourth-order valence-electron chi connectivity index (χ4n) is 1.83. The molecule has 6 nitrogen and oxygen atoms in total. The van der Waals surface area contributed by atoms with Gasteiger partial charge in [-0.2, -0.15) is 0 Å². The molecule has 0 aliphatic rings. The van der Waals surface area contributed by atoms with Crippen LogP contribution in [0, 0.1) is 5.92 Å². The molecule has 1 aromatic heterocycles. The Balaban J connectivity index is 2.56. The summed E-state index contributed by atoms with van der Waals surface area (Å²) in [5.41, 5.74) is 0.908. The zero-order valence-corrected chi connectivity index (χ0v) is 12.8. The second kappa shape index (κ2) is 8.94. The average molecular weight is 293 g/mol. The van der Waals surface area contributed by atoms with Crippen molar-refractivity contribution in [1.29, 1.82) is 0 Å².